The zero-order chi connectivity index (χ0) is 15.0. The van der Waals surface area contributed by atoms with E-state index in [1.807, 2.05) is 13.0 Å². The van der Waals surface area contributed by atoms with Gasteiger partial charge in [-0.15, -0.1) is 0 Å². The number of unbranched alkanes of at least 4 members (excludes halogenated alkanes) is 2. The summed E-state index contributed by atoms with van der Waals surface area (Å²) in [6, 6.07) is 5.25. The molecule has 0 unspecified atom stereocenters. The van der Waals surface area contributed by atoms with Crippen molar-refractivity contribution in [1.82, 2.24) is 5.32 Å². The van der Waals surface area contributed by atoms with Gasteiger partial charge in [-0.25, -0.2) is 0 Å². The van der Waals surface area contributed by atoms with Crippen LogP contribution in [0.3, 0.4) is 0 Å². The molecule has 0 fully saturated rings. The summed E-state index contributed by atoms with van der Waals surface area (Å²) in [5, 5.41) is 3.43. The first-order valence-electron chi connectivity index (χ1n) is 6.65. The number of carbonyl (C=O) groups is 2. The van der Waals surface area contributed by atoms with E-state index in [1.165, 1.54) is 7.11 Å². The van der Waals surface area contributed by atoms with Gasteiger partial charge in [0.15, 0.2) is 0 Å². The van der Waals surface area contributed by atoms with Crippen LogP contribution in [0.4, 0.5) is 0 Å². The van der Waals surface area contributed by atoms with Gasteiger partial charge in [-0.2, -0.15) is 0 Å². The highest BCUT2D eigenvalue weighted by atomic mass is 35.5. The number of hydrogen-bond donors (Lipinski definition) is 1. The van der Waals surface area contributed by atoms with E-state index in [9.17, 15) is 9.59 Å². The average Bonchev–Trinajstić information content (AvgIpc) is 2.44. The molecule has 1 rings (SSSR count). The van der Waals surface area contributed by atoms with Gasteiger partial charge in [0.1, 0.15) is 0 Å². The predicted molar refractivity (Wildman–Crippen MR) is 79.0 cm³/mol. The molecule has 0 aliphatic rings. The lowest BCUT2D eigenvalue weighted by Gasteiger charge is -2.06. The van der Waals surface area contributed by atoms with Crippen LogP contribution >= 0.6 is 11.6 Å². The summed E-state index contributed by atoms with van der Waals surface area (Å²) < 4.78 is 4.55. The normalized spacial score (nSPS) is 10.2. The van der Waals surface area contributed by atoms with Crippen LogP contribution < -0.4 is 5.32 Å². The first-order valence-corrected chi connectivity index (χ1v) is 7.03. The van der Waals surface area contributed by atoms with E-state index >= 15 is 0 Å². The molecule has 0 saturated heterocycles. The SMILES string of the molecule is COC(=O)CCCCCNC(=O)c1ccc(C)c(Cl)c1. The molecule has 110 valence electrons. The predicted octanol–water partition coefficient (Wildman–Crippen LogP) is 3.11. The number of benzene rings is 1. The maximum Gasteiger partial charge on any atom is 0.305 e. The molecule has 0 aromatic heterocycles. The van der Waals surface area contributed by atoms with E-state index in [1.54, 1.807) is 12.1 Å². The van der Waals surface area contributed by atoms with E-state index in [0.29, 0.717) is 23.6 Å². The Morgan fingerprint density at radius 3 is 2.65 bits per heavy atom. The Morgan fingerprint density at radius 2 is 2.00 bits per heavy atom. The number of amides is 1. The molecular weight excluding hydrogens is 278 g/mol. The second-order valence-electron chi connectivity index (χ2n) is 4.61. The van der Waals surface area contributed by atoms with Crippen LogP contribution in [0.5, 0.6) is 0 Å². The fraction of sp³-hybridized carbons (Fsp3) is 0.467. The highest BCUT2D eigenvalue weighted by Gasteiger charge is 2.06. The first-order chi connectivity index (χ1) is 9.54. The third-order valence-corrected chi connectivity index (χ3v) is 3.41. The van der Waals surface area contributed by atoms with Crippen LogP contribution in [0, 0.1) is 6.92 Å². The minimum Gasteiger partial charge on any atom is -0.469 e. The average molecular weight is 298 g/mol. The van der Waals surface area contributed by atoms with Crippen molar-refractivity contribution in [3.8, 4) is 0 Å². The molecule has 0 bridgehead atoms. The van der Waals surface area contributed by atoms with Crippen molar-refractivity contribution in [3.63, 3.8) is 0 Å². The maximum absolute atomic E-state index is 11.9. The molecule has 1 aromatic rings. The topological polar surface area (TPSA) is 55.4 Å². The fourth-order valence-corrected chi connectivity index (χ4v) is 1.89. The van der Waals surface area contributed by atoms with Crippen LogP contribution in [-0.2, 0) is 9.53 Å². The molecule has 5 heteroatoms. The van der Waals surface area contributed by atoms with Crippen molar-refractivity contribution in [2.75, 3.05) is 13.7 Å². The molecule has 1 amide bonds. The third-order valence-electron chi connectivity index (χ3n) is 3.00. The number of carbonyl (C=O) groups excluding carboxylic acids is 2. The summed E-state index contributed by atoms with van der Waals surface area (Å²) in [6.45, 7) is 2.48. The summed E-state index contributed by atoms with van der Waals surface area (Å²) in [4.78, 5) is 22.7. The van der Waals surface area contributed by atoms with Crippen LogP contribution in [0.25, 0.3) is 0 Å². The van der Waals surface area contributed by atoms with Gasteiger partial charge in [-0.3, -0.25) is 9.59 Å². The number of esters is 1. The van der Waals surface area contributed by atoms with Crippen molar-refractivity contribution < 1.29 is 14.3 Å². The first kappa shape index (κ1) is 16.5. The molecule has 0 atom stereocenters. The van der Waals surface area contributed by atoms with Crippen molar-refractivity contribution in [2.45, 2.75) is 32.6 Å². The molecule has 0 aliphatic carbocycles. The standard InChI is InChI=1S/C15H20ClNO3/c1-11-7-8-12(10-13(11)16)15(19)17-9-5-3-4-6-14(18)20-2/h7-8,10H,3-6,9H2,1-2H3,(H,17,19). The Morgan fingerprint density at radius 1 is 1.25 bits per heavy atom. The number of rotatable bonds is 7. The Kier molecular flexibility index (Phi) is 7.09. The van der Waals surface area contributed by atoms with Gasteiger partial charge in [0.05, 0.1) is 7.11 Å². The molecule has 0 spiro atoms. The van der Waals surface area contributed by atoms with E-state index in [4.69, 9.17) is 11.6 Å². The Balaban J connectivity index is 2.23. The van der Waals surface area contributed by atoms with Gasteiger partial charge >= 0.3 is 5.97 Å². The number of aryl methyl sites for hydroxylation is 1. The van der Waals surface area contributed by atoms with Gasteiger partial charge in [-0.1, -0.05) is 24.1 Å². The summed E-state index contributed by atoms with van der Waals surface area (Å²) in [5.74, 6) is -0.316. The number of hydrogen-bond acceptors (Lipinski definition) is 3. The Bertz CT molecular complexity index is 474. The van der Waals surface area contributed by atoms with E-state index in [-0.39, 0.29) is 11.9 Å². The molecule has 0 heterocycles. The lowest BCUT2D eigenvalue weighted by Crippen LogP contribution is -2.24. The smallest absolute Gasteiger partial charge is 0.305 e. The van der Waals surface area contributed by atoms with E-state index in [0.717, 1.165) is 24.8 Å². The zero-order valence-electron chi connectivity index (χ0n) is 11.9. The lowest BCUT2D eigenvalue weighted by atomic mass is 10.1. The highest BCUT2D eigenvalue weighted by molar-refractivity contribution is 6.31. The molecular formula is C15H20ClNO3. The van der Waals surface area contributed by atoms with Gasteiger partial charge in [0, 0.05) is 23.6 Å². The maximum atomic E-state index is 11.9. The number of halogens is 1. The monoisotopic (exact) mass is 297 g/mol. The Hall–Kier alpha value is -1.55. The summed E-state index contributed by atoms with van der Waals surface area (Å²) in [5.41, 5.74) is 1.51. The quantitative estimate of drug-likeness (QED) is 0.621. The van der Waals surface area contributed by atoms with Gasteiger partial charge in [0.2, 0.25) is 0 Å². The molecule has 20 heavy (non-hydrogen) atoms. The number of ether oxygens (including phenoxy) is 1. The Labute approximate surface area is 124 Å². The van der Waals surface area contributed by atoms with Crippen LogP contribution in [-0.4, -0.2) is 25.5 Å². The lowest BCUT2D eigenvalue weighted by molar-refractivity contribution is -0.140. The van der Waals surface area contributed by atoms with Crippen LogP contribution in [0.2, 0.25) is 5.02 Å². The fourth-order valence-electron chi connectivity index (χ4n) is 1.71. The van der Waals surface area contributed by atoms with Crippen molar-refractivity contribution in [3.05, 3.63) is 34.3 Å². The molecule has 0 saturated carbocycles. The van der Waals surface area contributed by atoms with Crippen molar-refractivity contribution in [2.24, 2.45) is 0 Å². The minimum atomic E-state index is -0.191. The van der Waals surface area contributed by atoms with E-state index < -0.39 is 0 Å². The van der Waals surface area contributed by atoms with Crippen LogP contribution in [0.15, 0.2) is 18.2 Å². The minimum absolute atomic E-state index is 0.125. The zero-order valence-corrected chi connectivity index (χ0v) is 12.6. The van der Waals surface area contributed by atoms with Crippen molar-refractivity contribution >= 4 is 23.5 Å². The largest absolute Gasteiger partial charge is 0.469 e. The summed E-state index contributed by atoms with van der Waals surface area (Å²) in [7, 11) is 1.38. The second kappa shape index (κ2) is 8.59. The molecule has 4 nitrogen and oxygen atoms in total. The summed E-state index contributed by atoms with van der Waals surface area (Å²) in [6.07, 6.45) is 2.92. The molecule has 0 radical (unpaired) electrons. The third kappa shape index (κ3) is 5.61. The van der Waals surface area contributed by atoms with Gasteiger partial charge < -0.3 is 10.1 Å². The van der Waals surface area contributed by atoms with Crippen LogP contribution in [0.1, 0.15) is 41.6 Å². The molecule has 1 aromatic carbocycles. The summed E-state index contributed by atoms with van der Waals surface area (Å²) >= 11 is 5.98. The number of methoxy groups -OCH3 is 1. The van der Waals surface area contributed by atoms with Gasteiger partial charge in [-0.05, 0) is 37.5 Å². The number of nitrogens with one attached hydrogen (secondary N) is 1. The second-order valence-corrected chi connectivity index (χ2v) is 5.01. The van der Waals surface area contributed by atoms with E-state index in [2.05, 4.69) is 10.1 Å². The van der Waals surface area contributed by atoms with Crippen molar-refractivity contribution in [1.29, 1.82) is 0 Å². The highest BCUT2D eigenvalue weighted by Crippen LogP contribution is 2.16. The molecule has 0 aliphatic heterocycles. The van der Waals surface area contributed by atoms with Gasteiger partial charge in [0.25, 0.3) is 5.91 Å². The molecule has 1 N–H and O–H groups in total.